The van der Waals surface area contributed by atoms with Crippen LogP contribution in [0.1, 0.15) is 47.0 Å². The molecule has 7 heteroatoms. The standard InChI is InChI=1S/C22H28O7/c1-12-7-6-8-16(11-26-15(4)23)10-18(28-21(25)22(5)14(3)29-22)19-13(2)20(24)27-17(19)9-12/h8-9,14,17-19H,2,6-7,10-11H2,1,3-5H3/b12-9+,16-8-/t14-,17-,18-,19+,22+/m1/s1. The van der Waals surface area contributed by atoms with Crippen molar-refractivity contribution in [2.45, 2.75) is 70.9 Å². The number of epoxide rings is 1. The third-order valence-corrected chi connectivity index (χ3v) is 5.81. The molecule has 3 aliphatic rings. The first-order valence-corrected chi connectivity index (χ1v) is 9.89. The molecule has 2 saturated heterocycles. The Morgan fingerprint density at radius 1 is 1.38 bits per heavy atom. The van der Waals surface area contributed by atoms with E-state index >= 15 is 0 Å². The van der Waals surface area contributed by atoms with Gasteiger partial charge in [0.25, 0.3) is 0 Å². The first-order valence-electron chi connectivity index (χ1n) is 9.89. The van der Waals surface area contributed by atoms with E-state index in [-0.39, 0.29) is 24.3 Å². The smallest absolute Gasteiger partial charge is 0.341 e. The third kappa shape index (κ3) is 4.61. The van der Waals surface area contributed by atoms with Crippen LogP contribution in [0.25, 0.3) is 0 Å². The van der Waals surface area contributed by atoms with Crippen molar-refractivity contribution in [1.29, 1.82) is 0 Å². The van der Waals surface area contributed by atoms with Crippen LogP contribution in [0.4, 0.5) is 0 Å². The largest absolute Gasteiger partial charge is 0.461 e. The summed E-state index contributed by atoms with van der Waals surface area (Å²) >= 11 is 0. The van der Waals surface area contributed by atoms with Crippen molar-refractivity contribution in [2.75, 3.05) is 6.61 Å². The zero-order chi connectivity index (χ0) is 21.3. The number of ether oxygens (including phenoxy) is 4. The van der Waals surface area contributed by atoms with Crippen LogP contribution in [-0.2, 0) is 33.3 Å². The molecule has 2 aliphatic heterocycles. The molecule has 0 saturated carbocycles. The summed E-state index contributed by atoms with van der Waals surface area (Å²) in [6.07, 6.45) is 4.27. The Hall–Kier alpha value is -2.41. The molecule has 158 valence electrons. The Balaban J connectivity index is 1.91. The van der Waals surface area contributed by atoms with E-state index in [9.17, 15) is 14.4 Å². The zero-order valence-corrected chi connectivity index (χ0v) is 17.4. The molecular formula is C22H28O7. The topological polar surface area (TPSA) is 91.4 Å². The van der Waals surface area contributed by atoms with Gasteiger partial charge in [0.15, 0.2) is 5.60 Å². The van der Waals surface area contributed by atoms with Crippen molar-refractivity contribution in [3.8, 4) is 0 Å². The van der Waals surface area contributed by atoms with Crippen LogP contribution >= 0.6 is 0 Å². The van der Waals surface area contributed by atoms with E-state index in [0.29, 0.717) is 6.42 Å². The van der Waals surface area contributed by atoms with E-state index in [2.05, 4.69) is 6.58 Å². The Kier molecular flexibility index (Phi) is 5.98. The average molecular weight is 404 g/mol. The van der Waals surface area contributed by atoms with Gasteiger partial charge in [-0.2, -0.15) is 0 Å². The van der Waals surface area contributed by atoms with Crippen molar-refractivity contribution in [3.63, 3.8) is 0 Å². The van der Waals surface area contributed by atoms with Gasteiger partial charge in [0, 0.05) is 18.9 Å². The molecule has 0 spiro atoms. The lowest BCUT2D eigenvalue weighted by Gasteiger charge is -2.28. The number of hydrogen-bond donors (Lipinski definition) is 0. The number of esters is 3. The van der Waals surface area contributed by atoms with E-state index in [0.717, 1.165) is 24.0 Å². The molecule has 0 aromatic heterocycles. The van der Waals surface area contributed by atoms with Gasteiger partial charge in [0.05, 0.1) is 12.0 Å². The zero-order valence-electron chi connectivity index (χ0n) is 17.4. The molecule has 0 N–H and O–H groups in total. The second kappa shape index (κ2) is 8.14. The van der Waals surface area contributed by atoms with Crippen molar-refractivity contribution in [1.82, 2.24) is 0 Å². The highest BCUT2D eigenvalue weighted by Crippen LogP contribution is 2.40. The SMILES string of the molecule is C=C1C(=O)O[C@@H]2/C=C(\C)CC/C=C(\COC(C)=O)C[C@@H](OC(=O)[C@@]3(C)O[C@@H]3C)[C@@H]12. The Morgan fingerprint density at radius 2 is 2.07 bits per heavy atom. The molecule has 0 radical (unpaired) electrons. The average Bonchev–Trinajstić information content (AvgIpc) is 3.16. The summed E-state index contributed by atoms with van der Waals surface area (Å²) in [6, 6.07) is 0. The van der Waals surface area contributed by atoms with Gasteiger partial charge >= 0.3 is 17.9 Å². The maximum atomic E-state index is 12.7. The monoisotopic (exact) mass is 404 g/mol. The van der Waals surface area contributed by atoms with Gasteiger partial charge in [0.1, 0.15) is 18.8 Å². The summed E-state index contributed by atoms with van der Waals surface area (Å²) in [5.41, 5.74) is 1.18. The Morgan fingerprint density at radius 3 is 2.69 bits per heavy atom. The van der Waals surface area contributed by atoms with Crippen LogP contribution in [0.5, 0.6) is 0 Å². The van der Waals surface area contributed by atoms with Crippen LogP contribution in [0.2, 0.25) is 0 Å². The van der Waals surface area contributed by atoms with Gasteiger partial charge in [-0.3, -0.25) is 4.79 Å². The normalized spacial score (nSPS) is 37.9. The number of rotatable bonds is 4. The maximum absolute atomic E-state index is 12.7. The molecule has 2 fully saturated rings. The van der Waals surface area contributed by atoms with E-state index in [1.54, 1.807) is 13.8 Å². The molecule has 0 aromatic rings. The lowest BCUT2D eigenvalue weighted by Crippen LogP contribution is -2.38. The molecule has 3 rings (SSSR count). The van der Waals surface area contributed by atoms with Crippen molar-refractivity contribution in [2.24, 2.45) is 5.92 Å². The van der Waals surface area contributed by atoms with Crippen LogP contribution in [0.3, 0.4) is 0 Å². The molecule has 7 nitrogen and oxygen atoms in total. The summed E-state index contributed by atoms with van der Waals surface area (Å²) in [7, 11) is 0. The summed E-state index contributed by atoms with van der Waals surface area (Å²) < 4.78 is 21.9. The first kappa shape index (κ1) is 21.3. The minimum Gasteiger partial charge on any atom is -0.461 e. The number of allylic oxidation sites excluding steroid dienone is 2. The predicted octanol–water partition coefficient (Wildman–Crippen LogP) is 2.79. The van der Waals surface area contributed by atoms with Gasteiger partial charge < -0.3 is 18.9 Å². The van der Waals surface area contributed by atoms with Crippen molar-refractivity contribution >= 4 is 17.9 Å². The molecule has 0 amide bonds. The molecular weight excluding hydrogens is 376 g/mol. The number of carbonyl (C=O) groups excluding carboxylic acids is 3. The molecule has 5 atom stereocenters. The lowest BCUT2D eigenvalue weighted by molar-refractivity contribution is -0.158. The summed E-state index contributed by atoms with van der Waals surface area (Å²) in [6.45, 7) is 10.8. The van der Waals surface area contributed by atoms with Gasteiger partial charge in [-0.1, -0.05) is 18.2 Å². The molecule has 2 heterocycles. The van der Waals surface area contributed by atoms with Gasteiger partial charge in [-0.05, 0) is 45.3 Å². The summed E-state index contributed by atoms with van der Waals surface area (Å²) in [5, 5.41) is 0. The van der Waals surface area contributed by atoms with E-state index in [1.807, 2.05) is 19.1 Å². The number of fused-ring (bicyclic) bond motifs is 1. The van der Waals surface area contributed by atoms with Gasteiger partial charge in [0.2, 0.25) is 0 Å². The van der Waals surface area contributed by atoms with Gasteiger partial charge in [-0.15, -0.1) is 0 Å². The van der Waals surface area contributed by atoms with Crippen molar-refractivity contribution in [3.05, 3.63) is 35.5 Å². The highest BCUT2D eigenvalue weighted by Gasteiger charge is 2.58. The lowest BCUT2D eigenvalue weighted by atomic mass is 9.85. The number of hydrogen-bond acceptors (Lipinski definition) is 7. The molecule has 0 unspecified atom stereocenters. The van der Waals surface area contributed by atoms with Crippen LogP contribution in [0.15, 0.2) is 35.5 Å². The van der Waals surface area contributed by atoms with E-state index in [4.69, 9.17) is 18.9 Å². The summed E-state index contributed by atoms with van der Waals surface area (Å²) in [4.78, 5) is 36.3. The molecule has 0 bridgehead atoms. The van der Waals surface area contributed by atoms with E-state index < -0.39 is 35.7 Å². The number of carbonyl (C=O) groups is 3. The Bertz CT molecular complexity index is 793. The van der Waals surface area contributed by atoms with Gasteiger partial charge in [-0.25, -0.2) is 9.59 Å². The highest BCUT2D eigenvalue weighted by molar-refractivity contribution is 5.91. The fourth-order valence-corrected chi connectivity index (χ4v) is 3.75. The minimum absolute atomic E-state index is 0.106. The van der Waals surface area contributed by atoms with Crippen LogP contribution < -0.4 is 0 Å². The van der Waals surface area contributed by atoms with Crippen LogP contribution in [0, 0.1) is 5.92 Å². The Labute approximate surface area is 170 Å². The molecule has 0 aromatic carbocycles. The molecule has 29 heavy (non-hydrogen) atoms. The van der Waals surface area contributed by atoms with Crippen LogP contribution in [-0.4, -0.2) is 48.4 Å². The second-order valence-corrected chi connectivity index (χ2v) is 8.13. The third-order valence-electron chi connectivity index (χ3n) is 5.81. The van der Waals surface area contributed by atoms with Crippen molar-refractivity contribution < 1.29 is 33.3 Å². The summed E-state index contributed by atoms with van der Waals surface area (Å²) in [5.74, 6) is -1.87. The fourth-order valence-electron chi connectivity index (χ4n) is 3.75. The van der Waals surface area contributed by atoms with E-state index in [1.165, 1.54) is 6.92 Å². The molecule has 1 aliphatic carbocycles. The maximum Gasteiger partial charge on any atom is 0.341 e. The highest BCUT2D eigenvalue weighted by atomic mass is 16.7. The predicted molar refractivity (Wildman–Crippen MR) is 104 cm³/mol. The minimum atomic E-state index is -0.985. The second-order valence-electron chi connectivity index (χ2n) is 8.13. The first-order chi connectivity index (χ1) is 13.6. The quantitative estimate of drug-likeness (QED) is 0.234. The fraction of sp³-hybridized carbons (Fsp3) is 0.591.